The van der Waals surface area contributed by atoms with E-state index in [1.165, 1.54) is 18.9 Å². The van der Waals surface area contributed by atoms with Gasteiger partial charge in [0.05, 0.1) is 30.9 Å². The van der Waals surface area contributed by atoms with Crippen LogP contribution >= 0.6 is 11.8 Å². The van der Waals surface area contributed by atoms with Crippen molar-refractivity contribution in [1.82, 2.24) is 0 Å². The Morgan fingerprint density at radius 2 is 2.00 bits per heavy atom. The number of esters is 1. The van der Waals surface area contributed by atoms with Gasteiger partial charge in [0, 0.05) is 0 Å². The second-order valence-corrected chi connectivity index (χ2v) is 4.53. The molecule has 0 aromatic heterocycles. The molecule has 0 heterocycles. The smallest absolute Gasteiger partial charge is 0.315 e. The Labute approximate surface area is 116 Å². The Hall–Kier alpha value is -1.69. The molecule has 0 aliphatic heterocycles. The highest BCUT2D eigenvalue weighted by Gasteiger charge is 2.08. The number of amides is 1. The van der Waals surface area contributed by atoms with Gasteiger partial charge in [-0.25, -0.2) is 0 Å². The summed E-state index contributed by atoms with van der Waals surface area (Å²) in [6.07, 6.45) is 0. The normalized spacial score (nSPS) is 9.79. The molecule has 1 N–H and O–H groups in total. The third-order valence-electron chi connectivity index (χ3n) is 2.14. The maximum absolute atomic E-state index is 11.7. The highest BCUT2D eigenvalue weighted by atomic mass is 32.2. The molecule has 1 aromatic rings. The summed E-state index contributed by atoms with van der Waals surface area (Å²) in [6, 6.07) is 7.22. The van der Waals surface area contributed by atoms with Gasteiger partial charge in [-0.2, -0.15) is 0 Å². The Morgan fingerprint density at radius 1 is 1.26 bits per heavy atom. The Kier molecular flexibility index (Phi) is 6.81. The Balaban J connectivity index is 2.45. The molecule has 0 atom stereocenters. The summed E-state index contributed by atoms with van der Waals surface area (Å²) in [5.41, 5.74) is 0.632. The third-order valence-corrected chi connectivity index (χ3v) is 3.05. The van der Waals surface area contributed by atoms with Gasteiger partial charge in [-0.15, -0.1) is 11.8 Å². The number of methoxy groups -OCH3 is 1. The van der Waals surface area contributed by atoms with E-state index in [1.807, 2.05) is 19.1 Å². The molecule has 6 heteroatoms. The molecule has 19 heavy (non-hydrogen) atoms. The average Bonchev–Trinajstić information content (AvgIpc) is 2.41. The van der Waals surface area contributed by atoms with Crippen LogP contribution in [0, 0.1) is 0 Å². The molecule has 1 aromatic carbocycles. The lowest BCUT2D eigenvalue weighted by atomic mass is 10.3. The average molecular weight is 283 g/mol. The zero-order valence-electron chi connectivity index (χ0n) is 11.0. The molecule has 1 rings (SSSR count). The van der Waals surface area contributed by atoms with Gasteiger partial charge in [-0.1, -0.05) is 12.1 Å². The number of hydrogen-bond donors (Lipinski definition) is 1. The predicted octanol–water partition coefficient (Wildman–Crippen LogP) is 1.93. The van der Waals surface area contributed by atoms with Gasteiger partial charge >= 0.3 is 5.97 Å². The molecular weight excluding hydrogens is 266 g/mol. The first-order valence-corrected chi connectivity index (χ1v) is 6.99. The van der Waals surface area contributed by atoms with Gasteiger partial charge < -0.3 is 14.8 Å². The molecule has 0 bridgehead atoms. The molecule has 104 valence electrons. The number of benzene rings is 1. The summed E-state index contributed by atoms with van der Waals surface area (Å²) in [5, 5.41) is 2.75. The van der Waals surface area contributed by atoms with E-state index >= 15 is 0 Å². The van der Waals surface area contributed by atoms with Crippen LogP contribution in [-0.2, 0) is 14.3 Å². The molecule has 0 spiro atoms. The number of anilines is 1. The minimum absolute atomic E-state index is 0.164. The minimum Gasteiger partial charge on any atom is -0.492 e. The summed E-state index contributed by atoms with van der Waals surface area (Å²) >= 11 is 1.21. The fourth-order valence-corrected chi connectivity index (χ4v) is 1.97. The van der Waals surface area contributed by atoms with Crippen molar-refractivity contribution in [2.45, 2.75) is 6.92 Å². The van der Waals surface area contributed by atoms with Gasteiger partial charge in [-0.05, 0) is 19.1 Å². The molecular formula is C13H17NO4S. The van der Waals surface area contributed by atoms with E-state index < -0.39 is 0 Å². The van der Waals surface area contributed by atoms with Gasteiger partial charge in [-0.3, -0.25) is 9.59 Å². The molecule has 0 aliphatic rings. The van der Waals surface area contributed by atoms with Gasteiger partial charge in [0.1, 0.15) is 5.75 Å². The molecule has 0 saturated heterocycles. The zero-order chi connectivity index (χ0) is 14.1. The van der Waals surface area contributed by atoms with E-state index in [2.05, 4.69) is 10.1 Å². The van der Waals surface area contributed by atoms with E-state index in [4.69, 9.17) is 4.74 Å². The highest BCUT2D eigenvalue weighted by molar-refractivity contribution is 8.00. The van der Waals surface area contributed by atoms with E-state index in [1.54, 1.807) is 12.1 Å². The first-order valence-electron chi connectivity index (χ1n) is 5.83. The molecule has 0 fully saturated rings. The summed E-state index contributed by atoms with van der Waals surface area (Å²) in [6.45, 7) is 2.41. The number of rotatable bonds is 7. The molecule has 0 saturated carbocycles. The van der Waals surface area contributed by atoms with Crippen LogP contribution in [0.25, 0.3) is 0 Å². The fourth-order valence-electron chi connectivity index (χ4n) is 1.32. The first-order chi connectivity index (χ1) is 9.17. The lowest BCUT2D eigenvalue weighted by Crippen LogP contribution is -2.16. The number of carbonyl (C=O) groups is 2. The predicted molar refractivity (Wildman–Crippen MR) is 75.6 cm³/mol. The standard InChI is InChI=1S/C13H17NO4S/c1-3-18-11-7-5-4-6-10(11)14-12(15)8-19-9-13(16)17-2/h4-7H,3,8-9H2,1-2H3,(H,14,15). The molecule has 1 amide bonds. The third kappa shape index (κ3) is 5.65. The van der Waals surface area contributed by atoms with Crippen LogP contribution in [0.3, 0.4) is 0 Å². The Bertz CT molecular complexity index is 436. The maximum Gasteiger partial charge on any atom is 0.315 e. The first kappa shape index (κ1) is 15.4. The van der Waals surface area contributed by atoms with Crippen molar-refractivity contribution in [2.24, 2.45) is 0 Å². The maximum atomic E-state index is 11.7. The number of carbonyl (C=O) groups excluding carboxylic acids is 2. The number of nitrogens with one attached hydrogen (secondary N) is 1. The van der Waals surface area contributed by atoms with E-state index in [0.717, 1.165) is 0 Å². The van der Waals surface area contributed by atoms with Crippen LogP contribution in [0.15, 0.2) is 24.3 Å². The lowest BCUT2D eigenvalue weighted by Gasteiger charge is -2.10. The van der Waals surface area contributed by atoms with Crippen molar-refractivity contribution in [3.8, 4) is 5.75 Å². The number of thioether (sulfide) groups is 1. The summed E-state index contributed by atoms with van der Waals surface area (Å²) in [7, 11) is 1.32. The monoisotopic (exact) mass is 283 g/mol. The number of para-hydroxylation sites is 2. The van der Waals surface area contributed by atoms with Crippen molar-refractivity contribution in [2.75, 3.05) is 30.5 Å². The fraction of sp³-hybridized carbons (Fsp3) is 0.385. The summed E-state index contributed by atoms with van der Waals surface area (Å²) in [5.74, 6) is 0.469. The molecule has 5 nitrogen and oxygen atoms in total. The van der Waals surface area contributed by atoms with Crippen LogP contribution < -0.4 is 10.1 Å². The minimum atomic E-state index is -0.340. The SMILES string of the molecule is CCOc1ccccc1NC(=O)CSCC(=O)OC. The summed E-state index contributed by atoms with van der Waals surface area (Å²) < 4.78 is 9.89. The summed E-state index contributed by atoms with van der Waals surface area (Å²) in [4.78, 5) is 22.6. The van der Waals surface area contributed by atoms with Crippen molar-refractivity contribution in [1.29, 1.82) is 0 Å². The van der Waals surface area contributed by atoms with Gasteiger partial charge in [0.25, 0.3) is 0 Å². The largest absolute Gasteiger partial charge is 0.492 e. The van der Waals surface area contributed by atoms with Gasteiger partial charge in [0.2, 0.25) is 5.91 Å². The molecule has 0 aliphatic carbocycles. The lowest BCUT2D eigenvalue weighted by molar-refractivity contribution is -0.137. The molecule has 0 radical (unpaired) electrons. The van der Waals surface area contributed by atoms with E-state index in [0.29, 0.717) is 18.0 Å². The van der Waals surface area contributed by atoms with Crippen molar-refractivity contribution in [3.63, 3.8) is 0 Å². The second kappa shape index (κ2) is 8.42. The molecule has 0 unspecified atom stereocenters. The van der Waals surface area contributed by atoms with Crippen molar-refractivity contribution in [3.05, 3.63) is 24.3 Å². The quantitative estimate of drug-likeness (QED) is 0.775. The topological polar surface area (TPSA) is 64.6 Å². The number of hydrogen-bond acceptors (Lipinski definition) is 5. The van der Waals surface area contributed by atoms with Crippen LogP contribution in [0.4, 0.5) is 5.69 Å². The van der Waals surface area contributed by atoms with Gasteiger partial charge in [0.15, 0.2) is 0 Å². The second-order valence-electron chi connectivity index (χ2n) is 3.55. The van der Waals surface area contributed by atoms with E-state index in [-0.39, 0.29) is 23.4 Å². The zero-order valence-corrected chi connectivity index (χ0v) is 11.8. The van der Waals surface area contributed by atoms with Crippen LogP contribution in [-0.4, -0.2) is 37.1 Å². The highest BCUT2D eigenvalue weighted by Crippen LogP contribution is 2.23. The van der Waals surface area contributed by atoms with Crippen LogP contribution in [0.1, 0.15) is 6.92 Å². The van der Waals surface area contributed by atoms with Crippen LogP contribution in [0.5, 0.6) is 5.75 Å². The Morgan fingerprint density at radius 3 is 2.68 bits per heavy atom. The van der Waals surface area contributed by atoms with E-state index in [9.17, 15) is 9.59 Å². The van der Waals surface area contributed by atoms with Crippen molar-refractivity contribution < 1.29 is 19.1 Å². The van der Waals surface area contributed by atoms with Crippen LogP contribution in [0.2, 0.25) is 0 Å². The number of ether oxygens (including phenoxy) is 2. The van der Waals surface area contributed by atoms with Crippen molar-refractivity contribution >= 4 is 29.3 Å².